The minimum Gasteiger partial charge on any atom is -0.493 e. The summed E-state index contributed by atoms with van der Waals surface area (Å²) in [6.45, 7) is 9.52. The van der Waals surface area contributed by atoms with Crippen molar-refractivity contribution in [3.05, 3.63) is 29.3 Å². The summed E-state index contributed by atoms with van der Waals surface area (Å²) in [7, 11) is 0. The van der Waals surface area contributed by atoms with Crippen LogP contribution in [-0.4, -0.2) is 12.5 Å². The van der Waals surface area contributed by atoms with Crippen molar-refractivity contribution in [1.82, 2.24) is 0 Å². The number of benzene rings is 1. The predicted molar refractivity (Wildman–Crippen MR) is 82.9 cm³/mol. The van der Waals surface area contributed by atoms with Gasteiger partial charge in [-0.25, -0.2) is 0 Å². The Morgan fingerprint density at radius 2 is 2.00 bits per heavy atom. The smallest absolute Gasteiger partial charge is 0.119 e. The Kier molecular flexibility index (Phi) is 6.81. The average molecular weight is 279 g/mol. The molecular formula is C17H23ClO. The molecule has 0 amide bonds. The number of hydrogen-bond donors (Lipinski definition) is 0. The molecule has 0 bridgehead atoms. The molecule has 0 aliphatic carbocycles. The van der Waals surface area contributed by atoms with E-state index in [0.717, 1.165) is 23.5 Å². The van der Waals surface area contributed by atoms with E-state index in [0.29, 0.717) is 17.7 Å². The first-order chi connectivity index (χ1) is 9.02. The van der Waals surface area contributed by atoms with Crippen LogP contribution < -0.4 is 4.74 Å². The lowest BCUT2D eigenvalue weighted by Gasteiger charge is -2.15. The summed E-state index contributed by atoms with van der Waals surface area (Å²) < 4.78 is 5.83. The number of alkyl halides is 1. The molecule has 0 aromatic heterocycles. The van der Waals surface area contributed by atoms with Crippen LogP contribution in [0.1, 0.15) is 38.3 Å². The summed E-state index contributed by atoms with van der Waals surface area (Å²) >= 11 is 5.56. The maximum absolute atomic E-state index is 5.83. The van der Waals surface area contributed by atoms with Crippen molar-refractivity contribution in [2.45, 2.75) is 34.1 Å². The number of hydrogen-bond acceptors (Lipinski definition) is 1. The summed E-state index contributed by atoms with van der Waals surface area (Å²) in [6.07, 6.45) is 1.19. The van der Waals surface area contributed by atoms with Crippen molar-refractivity contribution in [2.75, 3.05) is 12.5 Å². The molecule has 0 heterocycles. The van der Waals surface area contributed by atoms with Gasteiger partial charge in [0.25, 0.3) is 0 Å². The minimum atomic E-state index is 0.365. The van der Waals surface area contributed by atoms with Gasteiger partial charge >= 0.3 is 0 Å². The van der Waals surface area contributed by atoms with Crippen molar-refractivity contribution in [3.63, 3.8) is 0 Å². The zero-order chi connectivity index (χ0) is 14.3. The highest BCUT2D eigenvalue weighted by Crippen LogP contribution is 2.19. The Bertz CT molecular complexity index is 454. The Morgan fingerprint density at radius 3 is 2.58 bits per heavy atom. The third kappa shape index (κ3) is 6.03. The second-order valence-electron chi connectivity index (χ2n) is 5.46. The molecule has 1 atom stereocenters. The summed E-state index contributed by atoms with van der Waals surface area (Å²) in [5.74, 6) is 8.50. The molecule has 2 heteroatoms. The molecule has 0 spiro atoms. The molecule has 0 saturated heterocycles. The van der Waals surface area contributed by atoms with Gasteiger partial charge in [-0.1, -0.05) is 32.6 Å². The van der Waals surface area contributed by atoms with Crippen LogP contribution in [0.2, 0.25) is 0 Å². The number of ether oxygens (including phenoxy) is 1. The molecular weight excluding hydrogens is 256 g/mol. The van der Waals surface area contributed by atoms with Crippen molar-refractivity contribution in [3.8, 4) is 17.6 Å². The standard InChI is InChI=1S/C17H23ClO/c1-13(2)10-14(3)12-19-17-8-7-16(6-5-9-18)15(4)11-17/h7-8,11,13-14H,9-10,12H2,1-4H3. The molecule has 0 saturated carbocycles. The number of aryl methyl sites for hydroxylation is 1. The summed E-state index contributed by atoms with van der Waals surface area (Å²) in [4.78, 5) is 0. The second-order valence-corrected chi connectivity index (χ2v) is 5.73. The largest absolute Gasteiger partial charge is 0.493 e. The zero-order valence-corrected chi connectivity index (χ0v) is 13.1. The lowest BCUT2D eigenvalue weighted by atomic mass is 10.00. The maximum Gasteiger partial charge on any atom is 0.119 e. The molecule has 104 valence electrons. The van der Waals surface area contributed by atoms with Crippen LogP contribution in [0.5, 0.6) is 5.75 Å². The Labute approximate surface area is 122 Å². The quantitative estimate of drug-likeness (QED) is 0.563. The Morgan fingerprint density at radius 1 is 1.26 bits per heavy atom. The average Bonchev–Trinajstić information content (AvgIpc) is 2.34. The molecule has 1 rings (SSSR count). The van der Waals surface area contributed by atoms with Crippen LogP contribution in [0, 0.1) is 30.6 Å². The fourth-order valence-electron chi connectivity index (χ4n) is 2.11. The fourth-order valence-corrected chi connectivity index (χ4v) is 2.17. The van der Waals surface area contributed by atoms with Gasteiger partial charge in [-0.3, -0.25) is 0 Å². The van der Waals surface area contributed by atoms with E-state index in [1.807, 2.05) is 25.1 Å². The predicted octanol–water partition coefficient (Wildman–Crippen LogP) is 4.65. The van der Waals surface area contributed by atoms with Crippen molar-refractivity contribution in [1.29, 1.82) is 0 Å². The summed E-state index contributed by atoms with van der Waals surface area (Å²) in [6, 6.07) is 6.02. The van der Waals surface area contributed by atoms with E-state index in [-0.39, 0.29) is 0 Å². The number of halogens is 1. The van der Waals surface area contributed by atoms with Crippen LogP contribution in [0.15, 0.2) is 18.2 Å². The normalized spacial score (nSPS) is 11.9. The Balaban J connectivity index is 2.59. The van der Waals surface area contributed by atoms with Gasteiger partial charge in [0.2, 0.25) is 0 Å². The fraction of sp³-hybridized carbons (Fsp3) is 0.529. The van der Waals surface area contributed by atoms with Crippen molar-refractivity contribution in [2.24, 2.45) is 11.8 Å². The van der Waals surface area contributed by atoms with Crippen molar-refractivity contribution < 1.29 is 4.74 Å². The van der Waals surface area contributed by atoms with E-state index in [4.69, 9.17) is 16.3 Å². The molecule has 0 fully saturated rings. The second kappa shape index (κ2) is 8.12. The van der Waals surface area contributed by atoms with E-state index in [1.165, 1.54) is 6.42 Å². The lowest BCUT2D eigenvalue weighted by molar-refractivity contribution is 0.239. The van der Waals surface area contributed by atoms with Crippen LogP contribution >= 0.6 is 11.6 Å². The molecule has 1 unspecified atom stereocenters. The van der Waals surface area contributed by atoms with Gasteiger partial charge < -0.3 is 4.74 Å². The van der Waals surface area contributed by atoms with E-state index in [9.17, 15) is 0 Å². The zero-order valence-electron chi connectivity index (χ0n) is 12.3. The monoisotopic (exact) mass is 278 g/mol. The first kappa shape index (κ1) is 15.9. The van der Waals surface area contributed by atoms with Gasteiger partial charge in [0.1, 0.15) is 5.75 Å². The minimum absolute atomic E-state index is 0.365. The van der Waals surface area contributed by atoms with Crippen LogP contribution in [0.3, 0.4) is 0 Å². The van der Waals surface area contributed by atoms with Gasteiger partial charge in [-0.05, 0) is 48.9 Å². The SMILES string of the molecule is Cc1cc(OCC(C)CC(C)C)ccc1C#CCCl. The van der Waals surface area contributed by atoms with Gasteiger partial charge in [0.15, 0.2) is 0 Å². The maximum atomic E-state index is 5.83. The topological polar surface area (TPSA) is 9.23 Å². The molecule has 1 nitrogen and oxygen atoms in total. The number of rotatable bonds is 5. The highest BCUT2D eigenvalue weighted by Gasteiger charge is 2.06. The summed E-state index contributed by atoms with van der Waals surface area (Å²) in [5.41, 5.74) is 2.15. The van der Waals surface area contributed by atoms with Crippen LogP contribution in [-0.2, 0) is 0 Å². The van der Waals surface area contributed by atoms with Crippen LogP contribution in [0.25, 0.3) is 0 Å². The van der Waals surface area contributed by atoms with E-state index < -0.39 is 0 Å². The highest BCUT2D eigenvalue weighted by molar-refractivity contribution is 6.19. The van der Waals surface area contributed by atoms with Gasteiger partial charge in [0, 0.05) is 5.56 Å². The molecule has 19 heavy (non-hydrogen) atoms. The molecule has 0 radical (unpaired) electrons. The van der Waals surface area contributed by atoms with Gasteiger partial charge in [0.05, 0.1) is 12.5 Å². The molecule has 1 aromatic rings. The van der Waals surface area contributed by atoms with Crippen LogP contribution in [0.4, 0.5) is 0 Å². The van der Waals surface area contributed by atoms with E-state index in [1.54, 1.807) is 0 Å². The lowest BCUT2D eigenvalue weighted by Crippen LogP contribution is -2.11. The molecule has 1 aromatic carbocycles. The Hall–Kier alpha value is -1.13. The van der Waals surface area contributed by atoms with E-state index in [2.05, 4.69) is 32.6 Å². The van der Waals surface area contributed by atoms with Crippen molar-refractivity contribution >= 4 is 11.6 Å². The third-order valence-corrected chi connectivity index (χ3v) is 3.03. The van der Waals surface area contributed by atoms with Gasteiger partial charge in [-0.2, -0.15) is 0 Å². The molecule has 0 aliphatic rings. The third-order valence-electron chi connectivity index (χ3n) is 2.90. The first-order valence-corrected chi connectivity index (χ1v) is 7.34. The first-order valence-electron chi connectivity index (χ1n) is 6.81. The van der Waals surface area contributed by atoms with Gasteiger partial charge in [-0.15, -0.1) is 11.6 Å². The van der Waals surface area contributed by atoms with E-state index >= 15 is 0 Å². The highest BCUT2D eigenvalue weighted by atomic mass is 35.5. The molecule has 0 aliphatic heterocycles. The summed E-state index contributed by atoms with van der Waals surface area (Å²) in [5, 5.41) is 0. The molecule has 0 N–H and O–H groups in total.